The average molecular weight is 372 g/mol. The van der Waals surface area contributed by atoms with Gasteiger partial charge in [-0.3, -0.25) is 5.32 Å². The van der Waals surface area contributed by atoms with Gasteiger partial charge in [-0.15, -0.1) is 0 Å². The fourth-order valence-electron chi connectivity index (χ4n) is 2.14. The molecular formula is C15H15F3N4O4. The van der Waals surface area contributed by atoms with E-state index in [0.717, 1.165) is 13.3 Å². The Morgan fingerprint density at radius 1 is 1.23 bits per heavy atom. The minimum atomic E-state index is -5.18. The van der Waals surface area contributed by atoms with Crippen LogP contribution in [0.15, 0.2) is 36.5 Å². The van der Waals surface area contributed by atoms with E-state index in [1.807, 2.05) is 0 Å². The Kier molecular flexibility index (Phi) is 5.80. The topological polar surface area (TPSA) is 106 Å². The number of alkyl carbamates (subject to hydrolysis) is 1. The molecule has 0 spiro atoms. The number of hydrogen-bond acceptors (Lipinski definition) is 6. The van der Waals surface area contributed by atoms with Crippen molar-refractivity contribution in [2.24, 2.45) is 0 Å². The molecule has 1 heterocycles. The summed E-state index contributed by atoms with van der Waals surface area (Å²) in [5.74, 6) is -1.70. The Morgan fingerprint density at radius 2 is 1.92 bits per heavy atom. The molecule has 1 unspecified atom stereocenters. The first kappa shape index (κ1) is 19.2. The first-order chi connectivity index (χ1) is 12.3. The number of H-pyrrole nitrogens is 1. The van der Waals surface area contributed by atoms with Crippen LogP contribution in [0, 0.1) is 0 Å². The van der Waals surface area contributed by atoms with Crippen molar-refractivity contribution in [2.75, 3.05) is 7.11 Å². The number of nitrogens with one attached hydrogen (secondary N) is 2. The Balaban J connectivity index is 2.21. The molecule has 1 aromatic carbocycles. The van der Waals surface area contributed by atoms with Crippen molar-refractivity contribution in [1.29, 1.82) is 0 Å². The van der Waals surface area contributed by atoms with Crippen molar-refractivity contribution in [3.8, 4) is 0 Å². The molecule has 0 radical (unpaired) electrons. The minimum Gasteiger partial charge on any atom is -0.467 e. The van der Waals surface area contributed by atoms with Crippen LogP contribution in [0.4, 0.5) is 18.0 Å². The van der Waals surface area contributed by atoms with Crippen LogP contribution in [0.5, 0.6) is 0 Å². The lowest BCUT2D eigenvalue weighted by Crippen LogP contribution is -2.65. The molecule has 8 nitrogen and oxygen atoms in total. The number of esters is 1. The number of methoxy groups -OCH3 is 1. The molecule has 26 heavy (non-hydrogen) atoms. The summed E-state index contributed by atoms with van der Waals surface area (Å²) in [6.45, 7) is -0.272. The lowest BCUT2D eigenvalue weighted by molar-refractivity contribution is -0.210. The average Bonchev–Trinajstić information content (AvgIpc) is 3.11. The number of amides is 1. The molecule has 0 fully saturated rings. The molecule has 140 valence electrons. The number of carbonyl (C=O) groups excluding carboxylic acids is 2. The normalized spacial score (nSPS) is 13.5. The maximum Gasteiger partial charge on any atom is 0.422 e. The molecular weight excluding hydrogens is 357 g/mol. The summed E-state index contributed by atoms with van der Waals surface area (Å²) in [4.78, 5) is 23.9. The smallest absolute Gasteiger partial charge is 0.422 e. The summed E-state index contributed by atoms with van der Waals surface area (Å²) < 4.78 is 50.2. The summed E-state index contributed by atoms with van der Waals surface area (Å²) in [5.41, 5.74) is -3.00. The monoisotopic (exact) mass is 372 g/mol. The summed E-state index contributed by atoms with van der Waals surface area (Å²) in [5, 5.41) is 10.6. The second kappa shape index (κ2) is 7.85. The SMILES string of the molecule is COC(=O)C(Cc1cn[nH]n1)(NC(=O)OCc1ccccc1)C(F)(F)F. The zero-order valence-corrected chi connectivity index (χ0v) is 13.5. The predicted octanol–water partition coefficient (Wildman–Crippen LogP) is 1.75. The van der Waals surface area contributed by atoms with Gasteiger partial charge in [0.15, 0.2) is 0 Å². The second-order valence-electron chi connectivity index (χ2n) is 5.22. The summed E-state index contributed by atoms with van der Waals surface area (Å²) >= 11 is 0. The van der Waals surface area contributed by atoms with Crippen molar-refractivity contribution in [2.45, 2.75) is 24.7 Å². The van der Waals surface area contributed by atoms with E-state index in [-0.39, 0.29) is 12.3 Å². The van der Waals surface area contributed by atoms with E-state index in [2.05, 4.69) is 20.1 Å². The van der Waals surface area contributed by atoms with Gasteiger partial charge in [-0.1, -0.05) is 30.3 Å². The molecule has 2 rings (SSSR count). The highest BCUT2D eigenvalue weighted by Gasteiger charge is 2.63. The number of rotatable bonds is 6. The van der Waals surface area contributed by atoms with Crippen LogP contribution in [-0.2, 0) is 27.3 Å². The lowest BCUT2D eigenvalue weighted by Gasteiger charge is -2.32. The van der Waals surface area contributed by atoms with E-state index in [1.165, 1.54) is 0 Å². The zero-order valence-electron chi connectivity index (χ0n) is 13.5. The van der Waals surface area contributed by atoms with Crippen LogP contribution in [0.25, 0.3) is 0 Å². The van der Waals surface area contributed by atoms with Crippen LogP contribution >= 0.6 is 0 Å². The summed E-state index contributed by atoms with van der Waals surface area (Å²) in [6.07, 6.45) is -6.62. The predicted molar refractivity (Wildman–Crippen MR) is 80.7 cm³/mol. The molecule has 11 heteroatoms. The maximum atomic E-state index is 13.7. The van der Waals surface area contributed by atoms with Gasteiger partial charge in [0.05, 0.1) is 19.0 Å². The first-order valence-electron chi connectivity index (χ1n) is 7.27. The fourth-order valence-corrected chi connectivity index (χ4v) is 2.14. The third-order valence-electron chi connectivity index (χ3n) is 3.46. The summed E-state index contributed by atoms with van der Waals surface area (Å²) in [7, 11) is 0.780. The van der Waals surface area contributed by atoms with Gasteiger partial charge in [-0.2, -0.15) is 28.6 Å². The molecule has 1 aromatic heterocycles. The Bertz CT molecular complexity index is 737. The number of aromatic amines is 1. The minimum absolute atomic E-state index is 0.198. The van der Waals surface area contributed by atoms with E-state index in [4.69, 9.17) is 4.74 Å². The molecule has 0 aliphatic carbocycles. The van der Waals surface area contributed by atoms with Crippen molar-refractivity contribution in [1.82, 2.24) is 20.7 Å². The number of carbonyl (C=O) groups is 2. The van der Waals surface area contributed by atoms with Gasteiger partial charge in [0.2, 0.25) is 5.54 Å². The van der Waals surface area contributed by atoms with E-state index in [9.17, 15) is 22.8 Å². The number of benzene rings is 1. The standard InChI is InChI=1S/C15H15F3N4O4/c1-25-12(23)14(15(16,17)18,7-11-8-19-22-21-11)20-13(24)26-9-10-5-3-2-4-6-10/h2-6,8H,7,9H2,1H3,(H,20,24)(H,19,21,22). The Morgan fingerprint density at radius 3 is 2.46 bits per heavy atom. The first-order valence-corrected chi connectivity index (χ1v) is 7.27. The molecule has 0 bridgehead atoms. The Hall–Kier alpha value is -3.11. The highest BCUT2D eigenvalue weighted by molar-refractivity contribution is 5.87. The van der Waals surface area contributed by atoms with Crippen molar-refractivity contribution < 1.29 is 32.2 Å². The van der Waals surface area contributed by atoms with E-state index < -0.39 is 30.2 Å². The highest BCUT2D eigenvalue weighted by atomic mass is 19.4. The van der Waals surface area contributed by atoms with Gasteiger partial charge in [-0.05, 0) is 5.56 Å². The van der Waals surface area contributed by atoms with E-state index >= 15 is 0 Å². The highest BCUT2D eigenvalue weighted by Crippen LogP contribution is 2.34. The van der Waals surface area contributed by atoms with Gasteiger partial charge in [0, 0.05) is 6.42 Å². The van der Waals surface area contributed by atoms with Crippen LogP contribution in [0.3, 0.4) is 0 Å². The molecule has 2 aromatic rings. The molecule has 0 aliphatic heterocycles. The number of nitrogens with zero attached hydrogens (tertiary/aromatic N) is 2. The third kappa shape index (κ3) is 4.29. The largest absolute Gasteiger partial charge is 0.467 e. The van der Waals surface area contributed by atoms with Crippen LogP contribution < -0.4 is 5.32 Å². The Labute approximate surface area is 145 Å². The number of hydrogen-bond donors (Lipinski definition) is 2. The van der Waals surface area contributed by atoms with Crippen molar-refractivity contribution >= 4 is 12.1 Å². The van der Waals surface area contributed by atoms with Crippen molar-refractivity contribution in [3.63, 3.8) is 0 Å². The van der Waals surface area contributed by atoms with Gasteiger partial charge in [-0.25, -0.2) is 9.59 Å². The van der Waals surface area contributed by atoms with E-state index in [0.29, 0.717) is 5.56 Å². The van der Waals surface area contributed by atoms with E-state index in [1.54, 1.807) is 35.6 Å². The van der Waals surface area contributed by atoms with Crippen LogP contribution in [0.2, 0.25) is 0 Å². The molecule has 2 N–H and O–H groups in total. The maximum absolute atomic E-state index is 13.7. The third-order valence-corrected chi connectivity index (χ3v) is 3.46. The number of alkyl halides is 3. The number of aromatic nitrogens is 3. The van der Waals surface area contributed by atoms with Gasteiger partial charge in [0.1, 0.15) is 6.61 Å². The summed E-state index contributed by atoms with van der Waals surface area (Å²) in [6, 6.07) is 8.33. The molecule has 1 amide bonds. The second-order valence-corrected chi connectivity index (χ2v) is 5.22. The van der Waals surface area contributed by atoms with Crippen LogP contribution in [0.1, 0.15) is 11.3 Å². The number of halogens is 3. The fraction of sp³-hybridized carbons (Fsp3) is 0.333. The quantitative estimate of drug-likeness (QED) is 0.749. The molecule has 0 saturated heterocycles. The molecule has 1 atom stereocenters. The van der Waals surface area contributed by atoms with Gasteiger partial charge < -0.3 is 9.47 Å². The zero-order chi connectivity index (χ0) is 19.2. The van der Waals surface area contributed by atoms with Crippen molar-refractivity contribution in [3.05, 3.63) is 47.8 Å². The van der Waals surface area contributed by atoms with Gasteiger partial charge >= 0.3 is 18.2 Å². The number of ether oxygens (including phenoxy) is 2. The molecule has 0 aliphatic rings. The lowest BCUT2D eigenvalue weighted by atomic mass is 9.92. The van der Waals surface area contributed by atoms with Crippen LogP contribution in [-0.4, -0.2) is 46.3 Å². The van der Waals surface area contributed by atoms with Gasteiger partial charge in [0.25, 0.3) is 0 Å². The molecule has 0 saturated carbocycles.